The molecule has 0 spiro atoms. The molecule has 7 nitrogen and oxygen atoms in total. The molecule has 2 saturated heterocycles. The summed E-state index contributed by atoms with van der Waals surface area (Å²) in [6.07, 6.45) is -0.925. The van der Waals surface area contributed by atoms with Crippen molar-refractivity contribution in [2.24, 2.45) is 0 Å². The van der Waals surface area contributed by atoms with Gasteiger partial charge in [0.1, 0.15) is 11.8 Å². The Kier molecular flexibility index (Phi) is 2.92. The van der Waals surface area contributed by atoms with Gasteiger partial charge in [0, 0.05) is 13.6 Å². The van der Waals surface area contributed by atoms with Crippen LogP contribution in [0, 0.1) is 21.7 Å². The van der Waals surface area contributed by atoms with E-state index in [1.807, 2.05) is 0 Å². The van der Waals surface area contributed by atoms with E-state index in [0.717, 1.165) is 0 Å². The van der Waals surface area contributed by atoms with Gasteiger partial charge in [-0.1, -0.05) is 0 Å². The Morgan fingerprint density at radius 2 is 1.95 bits per heavy atom. The van der Waals surface area contributed by atoms with Gasteiger partial charge in [-0.15, -0.1) is 0 Å². The molecule has 3 rings (SSSR count). The van der Waals surface area contributed by atoms with E-state index in [-0.39, 0.29) is 24.8 Å². The van der Waals surface area contributed by atoms with Gasteiger partial charge in [0.05, 0.1) is 29.6 Å². The number of amides is 1. The Labute approximate surface area is 117 Å². The van der Waals surface area contributed by atoms with Gasteiger partial charge < -0.3 is 14.5 Å². The van der Waals surface area contributed by atoms with E-state index in [1.54, 1.807) is 7.05 Å². The highest BCUT2D eigenvalue weighted by molar-refractivity contribution is 5.71. The highest BCUT2D eigenvalue weighted by atomic mass is 19.1. The number of hydrogen-bond acceptors (Lipinski definition) is 5. The number of rotatable bonds is 2. The number of halogens is 2. The first-order valence-corrected chi connectivity index (χ1v) is 6.20. The van der Waals surface area contributed by atoms with Crippen molar-refractivity contribution in [2.45, 2.75) is 12.1 Å². The van der Waals surface area contributed by atoms with Crippen molar-refractivity contribution in [2.75, 3.05) is 25.0 Å². The van der Waals surface area contributed by atoms with E-state index in [2.05, 4.69) is 0 Å². The first-order chi connectivity index (χ1) is 9.88. The molecule has 2 aliphatic heterocycles. The Morgan fingerprint density at radius 3 is 2.48 bits per heavy atom. The van der Waals surface area contributed by atoms with Gasteiger partial charge in [0.25, 0.3) is 5.69 Å². The number of ether oxygens (including phenoxy) is 1. The fourth-order valence-electron chi connectivity index (χ4n) is 2.73. The van der Waals surface area contributed by atoms with E-state index in [9.17, 15) is 23.7 Å². The van der Waals surface area contributed by atoms with E-state index >= 15 is 0 Å². The predicted octanol–water partition coefficient (Wildman–Crippen LogP) is 1.51. The average molecular weight is 299 g/mol. The van der Waals surface area contributed by atoms with Crippen molar-refractivity contribution < 1.29 is 23.2 Å². The molecule has 0 aliphatic carbocycles. The lowest BCUT2D eigenvalue weighted by atomic mass is 10.2. The fourth-order valence-corrected chi connectivity index (χ4v) is 2.73. The number of hydrogen-bond donors (Lipinski definition) is 0. The number of anilines is 1. The van der Waals surface area contributed by atoms with Crippen molar-refractivity contribution in [3.05, 3.63) is 33.9 Å². The SMILES string of the molecule is CN1C(=O)OC2CN(c3c(F)cc([N+](=O)[O-])cc3F)CC21. The lowest BCUT2D eigenvalue weighted by molar-refractivity contribution is -0.385. The summed E-state index contributed by atoms with van der Waals surface area (Å²) in [5.41, 5.74) is -0.976. The van der Waals surface area contributed by atoms with E-state index < -0.39 is 34.4 Å². The number of carbonyl (C=O) groups is 1. The Hall–Kier alpha value is -2.45. The van der Waals surface area contributed by atoms with Crippen LogP contribution < -0.4 is 4.90 Å². The van der Waals surface area contributed by atoms with Gasteiger partial charge >= 0.3 is 6.09 Å². The monoisotopic (exact) mass is 299 g/mol. The second-order valence-electron chi connectivity index (χ2n) is 5.02. The van der Waals surface area contributed by atoms with Crippen LogP contribution in [0.5, 0.6) is 0 Å². The lowest BCUT2D eigenvalue weighted by Crippen LogP contribution is -2.35. The maximum absolute atomic E-state index is 14.0. The number of benzene rings is 1. The molecule has 1 aromatic carbocycles. The van der Waals surface area contributed by atoms with Crippen molar-refractivity contribution in [3.8, 4) is 0 Å². The van der Waals surface area contributed by atoms with Gasteiger partial charge in [0.15, 0.2) is 11.6 Å². The van der Waals surface area contributed by atoms with Crippen LogP contribution in [-0.2, 0) is 4.74 Å². The molecule has 0 radical (unpaired) electrons. The summed E-state index contributed by atoms with van der Waals surface area (Å²) in [5.74, 6) is -2.01. The van der Waals surface area contributed by atoms with Gasteiger partial charge in [-0.25, -0.2) is 13.6 Å². The van der Waals surface area contributed by atoms with Gasteiger partial charge in [-0.2, -0.15) is 0 Å². The molecule has 112 valence electrons. The molecule has 2 unspecified atom stereocenters. The van der Waals surface area contributed by atoms with Gasteiger partial charge in [-0.3, -0.25) is 10.1 Å². The second-order valence-corrected chi connectivity index (χ2v) is 5.02. The van der Waals surface area contributed by atoms with Crippen LogP contribution >= 0.6 is 0 Å². The topological polar surface area (TPSA) is 75.9 Å². The average Bonchev–Trinajstić information content (AvgIpc) is 2.90. The van der Waals surface area contributed by atoms with Crippen LogP contribution in [0.1, 0.15) is 0 Å². The quantitative estimate of drug-likeness (QED) is 0.611. The minimum Gasteiger partial charge on any atom is -0.442 e. The molecule has 2 heterocycles. The number of nitrogens with zero attached hydrogens (tertiary/aromatic N) is 3. The zero-order valence-corrected chi connectivity index (χ0v) is 11.0. The summed E-state index contributed by atoms with van der Waals surface area (Å²) in [7, 11) is 1.55. The maximum Gasteiger partial charge on any atom is 0.410 e. The molecular weight excluding hydrogens is 288 g/mol. The molecule has 0 saturated carbocycles. The smallest absolute Gasteiger partial charge is 0.410 e. The van der Waals surface area contributed by atoms with Crippen LogP contribution in [0.3, 0.4) is 0 Å². The maximum atomic E-state index is 14.0. The first-order valence-electron chi connectivity index (χ1n) is 6.20. The molecule has 9 heteroatoms. The molecule has 0 aromatic heterocycles. The summed E-state index contributed by atoms with van der Waals surface area (Å²) in [5, 5.41) is 10.6. The summed E-state index contributed by atoms with van der Waals surface area (Å²) < 4.78 is 33.0. The first kappa shape index (κ1) is 13.5. The van der Waals surface area contributed by atoms with Crippen molar-refractivity contribution in [1.29, 1.82) is 0 Å². The molecule has 21 heavy (non-hydrogen) atoms. The van der Waals surface area contributed by atoms with E-state index in [0.29, 0.717) is 12.1 Å². The molecule has 2 aliphatic rings. The molecule has 0 N–H and O–H groups in total. The number of fused-ring (bicyclic) bond motifs is 1. The van der Waals surface area contributed by atoms with Crippen molar-refractivity contribution in [3.63, 3.8) is 0 Å². The van der Waals surface area contributed by atoms with Crippen molar-refractivity contribution in [1.82, 2.24) is 4.90 Å². The number of nitro benzene ring substituents is 1. The third kappa shape index (κ3) is 2.05. The lowest BCUT2D eigenvalue weighted by Gasteiger charge is -2.22. The van der Waals surface area contributed by atoms with Crippen LogP contribution in [0.2, 0.25) is 0 Å². The standard InChI is InChI=1S/C12H11F2N3O4/c1-15-9-4-16(5-10(9)21-12(15)18)11-7(13)2-6(17(19)20)3-8(11)14/h2-3,9-10H,4-5H2,1H3. The summed E-state index contributed by atoms with van der Waals surface area (Å²) in [6, 6.07) is 1.08. The second kappa shape index (κ2) is 4.54. The Balaban J connectivity index is 1.90. The Morgan fingerprint density at radius 1 is 1.33 bits per heavy atom. The largest absolute Gasteiger partial charge is 0.442 e. The highest BCUT2D eigenvalue weighted by Crippen LogP contribution is 2.34. The zero-order valence-electron chi connectivity index (χ0n) is 11.0. The zero-order chi connectivity index (χ0) is 15.3. The van der Waals surface area contributed by atoms with Crippen molar-refractivity contribution >= 4 is 17.5 Å². The number of likely N-dealkylation sites (N-methyl/N-ethyl adjacent to an activating group) is 1. The number of nitro groups is 1. The van der Waals surface area contributed by atoms with Crippen LogP contribution in [0.25, 0.3) is 0 Å². The summed E-state index contributed by atoms with van der Waals surface area (Å²) >= 11 is 0. The van der Waals surface area contributed by atoms with Crippen LogP contribution in [0.15, 0.2) is 12.1 Å². The fraction of sp³-hybridized carbons (Fsp3) is 0.417. The molecule has 2 atom stereocenters. The summed E-state index contributed by atoms with van der Waals surface area (Å²) in [4.78, 5) is 23.8. The normalized spacial score (nSPS) is 24.2. The molecule has 0 bridgehead atoms. The molecular formula is C12H11F2N3O4. The minimum absolute atomic E-state index is 0.145. The third-order valence-corrected chi connectivity index (χ3v) is 3.80. The van der Waals surface area contributed by atoms with Crippen LogP contribution in [0.4, 0.5) is 25.0 Å². The summed E-state index contributed by atoms with van der Waals surface area (Å²) in [6.45, 7) is 0.352. The van der Waals surface area contributed by atoms with E-state index in [4.69, 9.17) is 4.74 Å². The molecule has 1 amide bonds. The van der Waals surface area contributed by atoms with Crippen LogP contribution in [-0.4, -0.2) is 48.2 Å². The van der Waals surface area contributed by atoms with E-state index in [1.165, 1.54) is 9.80 Å². The molecule has 2 fully saturated rings. The highest BCUT2D eigenvalue weighted by Gasteiger charge is 2.47. The van der Waals surface area contributed by atoms with Gasteiger partial charge in [-0.05, 0) is 0 Å². The van der Waals surface area contributed by atoms with Gasteiger partial charge in [0.2, 0.25) is 0 Å². The minimum atomic E-state index is -1.00. The third-order valence-electron chi connectivity index (χ3n) is 3.80. The number of carbonyl (C=O) groups excluding carboxylic acids is 1. The number of non-ortho nitro benzene ring substituents is 1. The Bertz CT molecular complexity index is 616. The predicted molar refractivity (Wildman–Crippen MR) is 67.0 cm³/mol. The molecule has 1 aromatic rings.